The molecule has 1 amide bonds. The van der Waals surface area contributed by atoms with E-state index in [9.17, 15) is 13.2 Å². The quantitative estimate of drug-likeness (QED) is 0.741. The Labute approximate surface area is 153 Å². The van der Waals surface area contributed by atoms with E-state index in [0.717, 1.165) is 6.42 Å². The lowest BCUT2D eigenvalue weighted by molar-refractivity contribution is -0.116. The highest BCUT2D eigenvalue weighted by molar-refractivity contribution is 7.92. The molecule has 0 unspecified atom stereocenters. The minimum atomic E-state index is -3.75. The molecular formula is C18H21ClN2O3S. The minimum absolute atomic E-state index is 0.0732. The maximum atomic E-state index is 12.5. The van der Waals surface area contributed by atoms with E-state index in [0.29, 0.717) is 28.7 Å². The molecule has 2 aromatic carbocycles. The highest BCUT2D eigenvalue weighted by Gasteiger charge is 2.15. The monoisotopic (exact) mass is 380 g/mol. The fourth-order valence-electron chi connectivity index (χ4n) is 2.12. The number of carbonyl (C=O) groups is 1. The molecule has 0 heterocycles. The topological polar surface area (TPSA) is 75.3 Å². The first-order valence-electron chi connectivity index (χ1n) is 7.94. The summed E-state index contributed by atoms with van der Waals surface area (Å²) in [7, 11) is -3.75. The molecule has 0 atom stereocenters. The first-order chi connectivity index (χ1) is 11.8. The summed E-state index contributed by atoms with van der Waals surface area (Å²) >= 11 is 5.80. The summed E-state index contributed by atoms with van der Waals surface area (Å²) in [4.78, 5) is 12.0. The van der Waals surface area contributed by atoms with Crippen LogP contribution in [0.3, 0.4) is 0 Å². The smallest absolute Gasteiger partial charge is 0.261 e. The van der Waals surface area contributed by atoms with E-state index >= 15 is 0 Å². The van der Waals surface area contributed by atoms with E-state index in [4.69, 9.17) is 11.6 Å². The molecule has 2 rings (SSSR count). The van der Waals surface area contributed by atoms with E-state index in [1.165, 1.54) is 12.1 Å². The molecule has 25 heavy (non-hydrogen) atoms. The van der Waals surface area contributed by atoms with Gasteiger partial charge in [-0.3, -0.25) is 9.52 Å². The summed E-state index contributed by atoms with van der Waals surface area (Å²) in [5, 5.41) is 3.25. The van der Waals surface area contributed by atoms with E-state index in [-0.39, 0.29) is 10.8 Å². The summed E-state index contributed by atoms with van der Waals surface area (Å²) in [6.45, 7) is 4.09. The molecule has 7 heteroatoms. The third-order valence-corrected chi connectivity index (χ3v) is 5.10. The van der Waals surface area contributed by atoms with Crippen LogP contribution < -0.4 is 10.0 Å². The van der Waals surface area contributed by atoms with Crippen LogP contribution in [0.25, 0.3) is 0 Å². The summed E-state index contributed by atoms with van der Waals surface area (Å²) in [5.74, 6) is 0.301. The van der Waals surface area contributed by atoms with Gasteiger partial charge in [0.25, 0.3) is 10.0 Å². The Bertz CT molecular complexity index is 834. The first kappa shape index (κ1) is 19.3. The van der Waals surface area contributed by atoms with Crippen LogP contribution >= 0.6 is 11.6 Å². The van der Waals surface area contributed by atoms with Gasteiger partial charge in [0.15, 0.2) is 0 Å². The Kier molecular flexibility index (Phi) is 6.45. The van der Waals surface area contributed by atoms with E-state index < -0.39 is 10.0 Å². The molecule has 0 radical (unpaired) electrons. The normalized spacial score (nSPS) is 11.4. The van der Waals surface area contributed by atoms with Gasteiger partial charge in [0, 0.05) is 22.8 Å². The van der Waals surface area contributed by atoms with Crippen LogP contribution in [0.4, 0.5) is 11.4 Å². The Morgan fingerprint density at radius 1 is 1.08 bits per heavy atom. The predicted molar refractivity (Wildman–Crippen MR) is 101 cm³/mol. The standard InChI is InChI=1S/C18H21ClN2O3S/c1-13(2)6-11-18(22)20-16-4-3-5-17(12-16)25(23,24)21-15-9-7-14(19)8-10-15/h3-5,7-10,12-13,21H,6,11H2,1-2H3,(H,20,22). The molecule has 5 nitrogen and oxygen atoms in total. The third-order valence-electron chi connectivity index (χ3n) is 3.47. The molecular weight excluding hydrogens is 360 g/mol. The van der Waals surface area contributed by atoms with E-state index in [1.807, 2.05) is 13.8 Å². The number of anilines is 2. The van der Waals surface area contributed by atoms with Crippen LogP contribution in [0.2, 0.25) is 5.02 Å². The molecule has 0 bridgehead atoms. The van der Waals surface area contributed by atoms with Crippen molar-refractivity contribution < 1.29 is 13.2 Å². The number of hydrogen-bond donors (Lipinski definition) is 2. The van der Waals surface area contributed by atoms with Crippen molar-refractivity contribution in [2.24, 2.45) is 5.92 Å². The van der Waals surface area contributed by atoms with E-state index in [1.54, 1.807) is 36.4 Å². The fourth-order valence-corrected chi connectivity index (χ4v) is 3.35. The van der Waals surface area contributed by atoms with Crippen LogP contribution in [0.5, 0.6) is 0 Å². The average Bonchev–Trinajstić information content (AvgIpc) is 2.55. The van der Waals surface area contributed by atoms with Crippen LogP contribution in [-0.4, -0.2) is 14.3 Å². The Morgan fingerprint density at radius 2 is 1.76 bits per heavy atom. The number of amides is 1. The Morgan fingerprint density at radius 3 is 2.40 bits per heavy atom. The van der Waals surface area contributed by atoms with Gasteiger partial charge in [0.2, 0.25) is 5.91 Å². The SMILES string of the molecule is CC(C)CCC(=O)Nc1cccc(S(=O)(=O)Nc2ccc(Cl)cc2)c1. The van der Waals surface area contributed by atoms with Crippen molar-refractivity contribution in [2.75, 3.05) is 10.0 Å². The fraction of sp³-hybridized carbons (Fsp3) is 0.278. The number of sulfonamides is 1. The maximum absolute atomic E-state index is 12.5. The summed E-state index contributed by atoms with van der Waals surface area (Å²) in [6.07, 6.45) is 1.18. The minimum Gasteiger partial charge on any atom is -0.326 e. The molecule has 0 saturated heterocycles. The molecule has 0 aromatic heterocycles. The van der Waals surface area contributed by atoms with Gasteiger partial charge < -0.3 is 5.32 Å². The molecule has 0 saturated carbocycles. The first-order valence-corrected chi connectivity index (χ1v) is 9.81. The van der Waals surface area contributed by atoms with Crippen molar-refractivity contribution in [3.8, 4) is 0 Å². The maximum Gasteiger partial charge on any atom is 0.261 e. The number of rotatable bonds is 7. The second kappa shape index (κ2) is 8.36. The highest BCUT2D eigenvalue weighted by Crippen LogP contribution is 2.21. The number of hydrogen-bond acceptors (Lipinski definition) is 3. The largest absolute Gasteiger partial charge is 0.326 e. The van der Waals surface area contributed by atoms with E-state index in [2.05, 4.69) is 10.0 Å². The lowest BCUT2D eigenvalue weighted by Crippen LogP contribution is -2.15. The highest BCUT2D eigenvalue weighted by atomic mass is 35.5. The molecule has 0 aliphatic heterocycles. The molecule has 0 fully saturated rings. The van der Waals surface area contributed by atoms with Gasteiger partial charge in [-0.2, -0.15) is 0 Å². The number of nitrogens with one attached hydrogen (secondary N) is 2. The van der Waals surface area contributed by atoms with Gasteiger partial charge >= 0.3 is 0 Å². The van der Waals surface area contributed by atoms with Crippen molar-refractivity contribution in [2.45, 2.75) is 31.6 Å². The zero-order valence-corrected chi connectivity index (χ0v) is 15.7. The summed E-state index contributed by atoms with van der Waals surface area (Å²) in [5.41, 5.74) is 0.864. The Hall–Kier alpha value is -2.05. The zero-order chi connectivity index (χ0) is 18.4. The zero-order valence-electron chi connectivity index (χ0n) is 14.1. The number of halogens is 1. The number of carbonyl (C=O) groups excluding carboxylic acids is 1. The molecule has 0 aliphatic rings. The van der Waals surface area contributed by atoms with Crippen LogP contribution in [0, 0.1) is 5.92 Å². The van der Waals surface area contributed by atoms with Gasteiger partial charge in [-0.05, 0) is 54.8 Å². The Balaban J connectivity index is 2.11. The van der Waals surface area contributed by atoms with Gasteiger partial charge in [0.1, 0.15) is 0 Å². The predicted octanol–water partition coefficient (Wildman–Crippen LogP) is 4.52. The summed E-state index contributed by atoms with van der Waals surface area (Å²) in [6, 6.07) is 12.5. The third kappa shape index (κ3) is 6.07. The van der Waals surface area contributed by atoms with Crippen molar-refractivity contribution in [1.29, 1.82) is 0 Å². The van der Waals surface area contributed by atoms with Gasteiger partial charge in [-0.25, -0.2) is 8.42 Å². The molecule has 0 spiro atoms. The van der Waals surface area contributed by atoms with Crippen LogP contribution in [-0.2, 0) is 14.8 Å². The molecule has 2 aromatic rings. The molecule has 0 aliphatic carbocycles. The van der Waals surface area contributed by atoms with Crippen molar-refractivity contribution in [3.05, 3.63) is 53.6 Å². The van der Waals surface area contributed by atoms with Crippen molar-refractivity contribution in [3.63, 3.8) is 0 Å². The average molecular weight is 381 g/mol. The van der Waals surface area contributed by atoms with Crippen LogP contribution in [0.1, 0.15) is 26.7 Å². The lowest BCUT2D eigenvalue weighted by atomic mass is 10.1. The van der Waals surface area contributed by atoms with Gasteiger partial charge in [-0.1, -0.05) is 31.5 Å². The lowest BCUT2D eigenvalue weighted by Gasteiger charge is -2.11. The van der Waals surface area contributed by atoms with Gasteiger partial charge in [0.05, 0.1) is 4.90 Å². The van der Waals surface area contributed by atoms with Crippen molar-refractivity contribution in [1.82, 2.24) is 0 Å². The number of benzene rings is 2. The molecule has 134 valence electrons. The molecule has 2 N–H and O–H groups in total. The summed E-state index contributed by atoms with van der Waals surface area (Å²) < 4.78 is 27.4. The second-order valence-corrected chi connectivity index (χ2v) is 8.24. The van der Waals surface area contributed by atoms with Crippen molar-refractivity contribution >= 4 is 38.9 Å². The van der Waals surface area contributed by atoms with Gasteiger partial charge in [-0.15, -0.1) is 0 Å². The second-order valence-electron chi connectivity index (χ2n) is 6.12. The van der Waals surface area contributed by atoms with Crippen LogP contribution in [0.15, 0.2) is 53.4 Å².